The molecule has 0 aliphatic heterocycles. The highest BCUT2D eigenvalue weighted by atomic mass is 79.9. The second-order valence-electron chi connectivity index (χ2n) is 5.07. The molecule has 2 aromatic carbocycles. The van der Waals surface area contributed by atoms with Crippen LogP contribution in [0.3, 0.4) is 0 Å². The molecule has 0 radical (unpaired) electrons. The van der Waals surface area contributed by atoms with Gasteiger partial charge in [-0.2, -0.15) is 0 Å². The predicted octanol–water partition coefficient (Wildman–Crippen LogP) is 5.61. The van der Waals surface area contributed by atoms with E-state index in [4.69, 9.17) is 4.74 Å². The topological polar surface area (TPSA) is 21.3 Å². The highest BCUT2D eigenvalue weighted by Gasteiger charge is 2.14. The molecule has 0 aliphatic carbocycles. The monoisotopic (exact) mass is 347 g/mol. The van der Waals surface area contributed by atoms with Gasteiger partial charge in [-0.3, -0.25) is 0 Å². The van der Waals surface area contributed by atoms with Gasteiger partial charge in [-0.05, 0) is 43.7 Å². The first-order valence-corrected chi connectivity index (χ1v) is 8.21. The van der Waals surface area contributed by atoms with E-state index in [2.05, 4.69) is 60.2 Å². The van der Waals surface area contributed by atoms with Crippen LogP contribution in [0.2, 0.25) is 0 Å². The maximum atomic E-state index is 6.18. The van der Waals surface area contributed by atoms with Gasteiger partial charge in [-0.15, -0.1) is 0 Å². The molecular weight excluding hydrogens is 326 g/mol. The summed E-state index contributed by atoms with van der Waals surface area (Å²) in [6.07, 6.45) is 1.03. The van der Waals surface area contributed by atoms with Crippen molar-refractivity contribution in [3.63, 3.8) is 0 Å². The molecule has 2 rings (SSSR count). The van der Waals surface area contributed by atoms with Gasteiger partial charge in [0.1, 0.15) is 11.5 Å². The van der Waals surface area contributed by atoms with Gasteiger partial charge in [0, 0.05) is 16.1 Å². The van der Waals surface area contributed by atoms with Gasteiger partial charge < -0.3 is 10.1 Å². The van der Waals surface area contributed by atoms with Crippen LogP contribution >= 0.6 is 15.9 Å². The lowest BCUT2D eigenvalue weighted by molar-refractivity contribution is 0.450. The molecule has 2 nitrogen and oxygen atoms in total. The van der Waals surface area contributed by atoms with Crippen molar-refractivity contribution in [2.75, 3.05) is 6.54 Å². The van der Waals surface area contributed by atoms with E-state index in [9.17, 15) is 0 Å². The van der Waals surface area contributed by atoms with Crippen LogP contribution in [0.5, 0.6) is 11.5 Å². The van der Waals surface area contributed by atoms with Gasteiger partial charge in [0.05, 0.1) is 0 Å². The van der Waals surface area contributed by atoms with Gasteiger partial charge in [0.15, 0.2) is 0 Å². The Morgan fingerprint density at radius 2 is 1.86 bits per heavy atom. The van der Waals surface area contributed by atoms with Crippen molar-refractivity contribution >= 4 is 15.9 Å². The molecule has 112 valence electrons. The number of rotatable bonds is 6. The molecule has 21 heavy (non-hydrogen) atoms. The van der Waals surface area contributed by atoms with Crippen molar-refractivity contribution < 1.29 is 4.74 Å². The molecule has 0 aromatic heterocycles. The average Bonchev–Trinajstić information content (AvgIpc) is 2.49. The second-order valence-corrected chi connectivity index (χ2v) is 5.98. The Hall–Kier alpha value is -1.32. The van der Waals surface area contributed by atoms with Crippen LogP contribution in [0.1, 0.15) is 37.4 Å². The summed E-state index contributed by atoms with van der Waals surface area (Å²) in [5, 5.41) is 3.51. The van der Waals surface area contributed by atoms with Crippen LogP contribution in [-0.4, -0.2) is 6.54 Å². The average molecular weight is 348 g/mol. The van der Waals surface area contributed by atoms with E-state index in [1.165, 1.54) is 5.56 Å². The van der Waals surface area contributed by atoms with Crippen molar-refractivity contribution in [2.45, 2.75) is 33.2 Å². The number of halogens is 1. The van der Waals surface area contributed by atoms with Crippen LogP contribution in [-0.2, 0) is 0 Å². The van der Waals surface area contributed by atoms with Gasteiger partial charge in [0.25, 0.3) is 0 Å². The molecule has 0 aliphatic rings. The lowest BCUT2D eigenvalue weighted by atomic mass is 10.0. The quantitative estimate of drug-likeness (QED) is 0.733. The van der Waals surface area contributed by atoms with Crippen molar-refractivity contribution in [1.29, 1.82) is 0 Å². The van der Waals surface area contributed by atoms with Crippen molar-refractivity contribution in [2.24, 2.45) is 0 Å². The summed E-state index contributed by atoms with van der Waals surface area (Å²) in [6.45, 7) is 7.33. The van der Waals surface area contributed by atoms with Gasteiger partial charge >= 0.3 is 0 Å². The number of hydrogen-bond acceptors (Lipinski definition) is 2. The normalized spacial score (nSPS) is 12.2. The first kappa shape index (κ1) is 16.1. The maximum Gasteiger partial charge on any atom is 0.132 e. The van der Waals surface area contributed by atoms with Gasteiger partial charge in [-0.25, -0.2) is 0 Å². The summed E-state index contributed by atoms with van der Waals surface area (Å²) in [4.78, 5) is 0. The Morgan fingerprint density at radius 3 is 2.57 bits per heavy atom. The van der Waals surface area contributed by atoms with E-state index in [1.54, 1.807) is 0 Å². The Labute approximate surface area is 135 Å². The molecule has 0 spiro atoms. The fourth-order valence-corrected chi connectivity index (χ4v) is 2.72. The third kappa shape index (κ3) is 4.08. The molecule has 2 aromatic rings. The zero-order valence-electron chi connectivity index (χ0n) is 12.8. The molecular formula is C18H22BrNO. The maximum absolute atomic E-state index is 6.18. The molecule has 3 heteroatoms. The number of para-hydroxylation sites is 1. The summed E-state index contributed by atoms with van der Waals surface area (Å²) in [5.41, 5.74) is 2.34. The molecule has 1 unspecified atom stereocenters. The minimum Gasteiger partial charge on any atom is -0.457 e. The Bertz CT molecular complexity index is 598. The molecule has 0 bridgehead atoms. The molecule has 0 heterocycles. The van der Waals surface area contributed by atoms with E-state index in [-0.39, 0.29) is 0 Å². The highest BCUT2D eigenvalue weighted by Crippen LogP contribution is 2.33. The van der Waals surface area contributed by atoms with Crippen LogP contribution in [0, 0.1) is 6.92 Å². The minimum atomic E-state index is 0.318. The number of benzene rings is 2. The number of nitrogens with one attached hydrogen (secondary N) is 1. The van der Waals surface area contributed by atoms with Crippen LogP contribution in [0.15, 0.2) is 46.9 Å². The van der Waals surface area contributed by atoms with Crippen molar-refractivity contribution in [3.05, 3.63) is 58.1 Å². The highest BCUT2D eigenvalue weighted by molar-refractivity contribution is 9.10. The Balaban J connectivity index is 2.33. The molecule has 0 saturated carbocycles. The summed E-state index contributed by atoms with van der Waals surface area (Å²) in [7, 11) is 0. The zero-order chi connectivity index (χ0) is 15.2. The van der Waals surface area contributed by atoms with E-state index in [0.29, 0.717) is 6.04 Å². The second kappa shape index (κ2) is 7.62. The summed E-state index contributed by atoms with van der Waals surface area (Å²) >= 11 is 3.50. The minimum absolute atomic E-state index is 0.318. The van der Waals surface area contributed by atoms with E-state index in [0.717, 1.165) is 34.5 Å². The molecule has 0 saturated heterocycles. The van der Waals surface area contributed by atoms with Crippen molar-refractivity contribution in [1.82, 2.24) is 5.32 Å². The first-order valence-electron chi connectivity index (χ1n) is 7.42. The van der Waals surface area contributed by atoms with Gasteiger partial charge in [0.2, 0.25) is 0 Å². The molecule has 1 N–H and O–H groups in total. The third-order valence-electron chi connectivity index (χ3n) is 3.52. The molecule has 1 atom stereocenters. The Kier molecular flexibility index (Phi) is 5.83. The number of aryl methyl sites for hydroxylation is 1. The lowest BCUT2D eigenvalue weighted by Crippen LogP contribution is -2.20. The fourth-order valence-electron chi connectivity index (χ4n) is 2.38. The standard InChI is InChI=1S/C18H22BrNO/c1-4-16(20-5-2)15-8-6-7-9-17(15)21-18-12-14(19)11-10-13(18)3/h6-12,16,20H,4-5H2,1-3H3. The van der Waals surface area contributed by atoms with Gasteiger partial charge in [-0.1, -0.05) is 54.0 Å². The number of ether oxygens (including phenoxy) is 1. The zero-order valence-corrected chi connectivity index (χ0v) is 14.4. The van der Waals surface area contributed by atoms with Crippen LogP contribution < -0.4 is 10.1 Å². The third-order valence-corrected chi connectivity index (χ3v) is 4.02. The van der Waals surface area contributed by atoms with Crippen LogP contribution in [0.4, 0.5) is 0 Å². The van der Waals surface area contributed by atoms with E-state index in [1.807, 2.05) is 24.3 Å². The first-order chi connectivity index (χ1) is 10.2. The van der Waals surface area contributed by atoms with Crippen molar-refractivity contribution in [3.8, 4) is 11.5 Å². The summed E-state index contributed by atoms with van der Waals surface area (Å²) in [5.74, 6) is 1.81. The SMILES string of the molecule is CCNC(CC)c1ccccc1Oc1cc(Br)ccc1C. The van der Waals surface area contributed by atoms with E-state index >= 15 is 0 Å². The van der Waals surface area contributed by atoms with E-state index < -0.39 is 0 Å². The largest absolute Gasteiger partial charge is 0.457 e. The smallest absolute Gasteiger partial charge is 0.132 e. The summed E-state index contributed by atoms with van der Waals surface area (Å²) in [6, 6.07) is 14.7. The Morgan fingerprint density at radius 1 is 1.10 bits per heavy atom. The molecule has 0 fully saturated rings. The molecule has 0 amide bonds. The van der Waals surface area contributed by atoms with Crippen LogP contribution in [0.25, 0.3) is 0 Å². The predicted molar refractivity (Wildman–Crippen MR) is 92.1 cm³/mol. The summed E-state index contributed by atoms with van der Waals surface area (Å²) < 4.78 is 7.21. The number of hydrogen-bond donors (Lipinski definition) is 1. The lowest BCUT2D eigenvalue weighted by Gasteiger charge is -2.20. The fraction of sp³-hybridized carbons (Fsp3) is 0.333.